The number of amides is 1. The van der Waals surface area contributed by atoms with Gasteiger partial charge in [0, 0.05) is 17.3 Å². The van der Waals surface area contributed by atoms with Crippen molar-refractivity contribution in [2.75, 3.05) is 18.2 Å². The maximum atomic E-state index is 12.4. The van der Waals surface area contributed by atoms with Crippen molar-refractivity contribution in [1.29, 1.82) is 0 Å². The predicted molar refractivity (Wildman–Crippen MR) is 128 cm³/mol. The van der Waals surface area contributed by atoms with Crippen LogP contribution in [0.1, 0.15) is 24.4 Å². The third-order valence-corrected chi connectivity index (χ3v) is 5.77. The third-order valence-electron chi connectivity index (χ3n) is 4.57. The second-order valence-corrected chi connectivity index (χ2v) is 8.35. The molecule has 0 radical (unpaired) electrons. The number of aromatic nitrogens is 3. The number of aryl methyl sites for hydroxylation is 1. The SMILES string of the molecule is C=CCn1c(SCC(=O)Nc2ccc(OC)cc2)nnc1C(C)Oc1ccc(Cl)cc1C. The molecular formula is C23H25ClN4O3S. The molecule has 0 saturated carbocycles. The Morgan fingerprint density at radius 3 is 2.69 bits per heavy atom. The lowest BCUT2D eigenvalue weighted by Crippen LogP contribution is -2.15. The molecule has 1 atom stereocenters. The molecular weight excluding hydrogens is 448 g/mol. The van der Waals surface area contributed by atoms with Gasteiger partial charge in [0.05, 0.1) is 12.9 Å². The molecule has 1 heterocycles. The van der Waals surface area contributed by atoms with Crippen molar-refractivity contribution in [1.82, 2.24) is 14.8 Å². The van der Waals surface area contributed by atoms with Gasteiger partial charge < -0.3 is 14.8 Å². The zero-order valence-corrected chi connectivity index (χ0v) is 19.7. The van der Waals surface area contributed by atoms with E-state index < -0.39 is 0 Å². The first-order chi connectivity index (χ1) is 15.4. The van der Waals surface area contributed by atoms with Crippen LogP contribution in [0.2, 0.25) is 5.02 Å². The summed E-state index contributed by atoms with van der Waals surface area (Å²) in [6.45, 7) is 8.16. The van der Waals surface area contributed by atoms with E-state index in [1.54, 1.807) is 43.5 Å². The van der Waals surface area contributed by atoms with Gasteiger partial charge in [-0.3, -0.25) is 9.36 Å². The summed E-state index contributed by atoms with van der Waals surface area (Å²) in [5.41, 5.74) is 1.63. The van der Waals surface area contributed by atoms with Gasteiger partial charge in [-0.05, 0) is 61.9 Å². The Kier molecular flexibility index (Phi) is 8.19. The average molecular weight is 473 g/mol. The summed E-state index contributed by atoms with van der Waals surface area (Å²) in [4.78, 5) is 12.4. The highest BCUT2D eigenvalue weighted by atomic mass is 35.5. The number of nitrogens with zero attached hydrogens (tertiary/aromatic N) is 3. The first-order valence-electron chi connectivity index (χ1n) is 9.94. The molecule has 7 nitrogen and oxygen atoms in total. The number of nitrogens with one attached hydrogen (secondary N) is 1. The molecule has 0 aliphatic rings. The van der Waals surface area contributed by atoms with Gasteiger partial charge in [-0.15, -0.1) is 16.8 Å². The number of halogens is 1. The van der Waals surface area contributed by atoms with Crippen molar-refractivity contribution in [3.8, 4) is 11.5 Å². The van der Waals surface area contributed by atoms with E-state index in [-0.39, 0.29) is 17.8 Å². The summed E-state index contributed by atoms with van der Waals surface area (Å²) < 4.78 is 13.1. The summed E-state index contributed by atoms with van der Waals surface area (Å²) in [6.07, 6.45) is 1.40. The van der Waals surface area contributed by atoms with Gasteiger partial charge in [0.15, 0.2) is 17.1 Å². The van der Waals surface area contributed by atoms with E-state index in [9.17, 15) is 4.79 Å². The fraction of sp³-hybridized carbons (Fsp3) is 0.261. The zero-order chi connectivity index (χ0) is 23.1. The molecule has 1 aromatic heterocycles. The van der Waals surface area contributed by atoms with Crippen LogP contribution in [-0.2, 0) is 11.3 Å². The molecule has 0 aliphatic carbocycles. The van der Waals surface area contributed by atoms with Crippen LogP contribution >= 0.6 is 23.4 Å². The Morgan fingerprint density at radius 1 is 1.28 bits per heavy atom. The molecule has 0 fully saturated rings. The first kappa shape index (κ1) is 23.7. The van der Waals surface area contributed by atoms with Gasteiger partial charge in [-0.25, -0.2) is 0 Å². The number of carbonyl (C=O) groups excluding carboxylic acids is 1. The minimum atomic E-state index is -0.357. The molecule has 0 spiro atoms. The number of allylic oxidation sites excluding steroid dienone is 1. The van der Waals surface area contributed by atoms with Crippen molar-refractivity contribution in [2.45, 2.75) is 31.7 Å². The Balaban J connectivity index is 1.66. The standard InChI is InChI=1S/C23H25ClN4O3S/c1-5-12-28-22(16(3)31-20-11-6-17(24)13-15(20)2)26-27-23(28)32-14-21(29)25-18-7-9-19(30-4)10-8-18/h5-11,13,16H,1,12,14H2,2-4H3,(H,25,29). The van der Waals surface area contributed by atoms with Crippen LogP contribution < -0.4 is 14.8 Å². The summed E-state index contributed by atoms with van der Waals surface area (Å²) in [6, 6.07) is 12.6. The maximum absolute atomic E-state index is 12.4. The van der Waals surface area contributed by atoms with Crippen molar-refractivity contribution in [3.05, 3.63) is 71.5 Å². The lowest BCUT2D eigenvalue weighted by Gasteiger charge is -2.17. The van der Waals surface area contributed by atoms with Gasteiger partial charge >= 0.3 is 0 Å². The third kappa shape index (κ3) is 6.05. The minimum Gasteiger partial charge on any atom is -0.497 e. The number of benzene rings is 2. The van der Waals surface area contributed by atoms with Gasteiger partial charge in [-0.2, -0.15) is 0 Å². The summed E-state index contributed by atoms with van der Waals surface area (Å²) in [5, 5.41) is 12.7. The summed E-state index contributed by atoms with van der Waals surface area (Å²) >= 11 is 7.33. The van der Waals surface area contributed by atoms with Crippen molar-refractivity contribution < 1.29 is 14.3 Å². The molecule has 2 aromatic carbocycles. The monoisotopic (exact) mass is 472 g/mol. The Morgan fingerprint density at radius 2 is 2.03 bits per heavy atom. The molecule has 3 rings (SSSR count). The Labute approximate surface area is 196 Å². The van der Waals surface area contributed by atoms with E-state index in [2.05, 4.69) is 22.1 Å². The highest BCUT2D eigenvalue weighted by Crippen LogP contribution is 2.28. The van der Waals surface area contributed by atoms with E-state index >= 15 is 0 Å². The molecule has 3 aromatic rings. The van der Waals surface area contributed by atoms with Crippen LogP contribution in [-0.4, -0.2) is 33.5 Å². The van der Waals surface area contributed by atoms with Crippen LogP contribution in [0.15, 0.2) is 60.3 Å². The van der Waals surface area contributed by atoms with E-state index in [1.807, 2.05) is 30.5 Å². The van der Waals surface area contributed by atoms with Crippen molar-refractivity contribution in [2.24, 2.45) is 0 Å². The van der Waals surface area contributed by atoms with Crippen molar-refractivity contribution in [3.63, 3.8) is 0 Å². The number of carbonyl (C=O) groups is 1. The number of ether oxygens (including phenoxy) is 2. The Bertz CT molecular complexity index is 1090. The molecule has 0 aliphatic heterocycles. The maximum Gasteiger partial charge on any atom is 0.234 e. The summed E-state index contributed by atoms with van der Waals surface area (Å²) in [5.74, 6) is 2.15. The molecule has 1 unspecified atom stereocenters. The van der Waals surface area contributed by atoms with Crippen LogP contribution in [0.4, 0.5) is 5.69 Å². The molecule has 9 heteroatoms. The van der Waals surface area contributed by atoms with Gasteiger partial charge in [0.2, 0.25) is 5.91 Å². The smallest absolute Gasteiger partial charge is 0.234 e. The molecule has 0 saturated heterocycles. The number of hydrogen-bond acceptors (Lipinski definition) is 6. The van der Waals surface area contributed by atoms with Crippen LogP contribution in [0, 0.1) is 6.92 Å². The van der Waals surface area contributed by atoms with Crippen LogP contribution in [0.5, 0.6) is 11.5 Å². The topological polar surface area (TPSA) is 78.3 Å². The van der Waals surface area contributed by atoms with Gasteiger partial charge in [0.1, 0.15) is 11.5 Å². The fourth-order valence-electron chi connectivity index (χ4n) is 3.00. The number of methoxy groups -OCH3 is 1. The summed E-state index contributed by atoms with van der Waals surface area (Å²) in [7, 11) is 1.60. The quantitative estimate of drug-likeness (QED) is 0.318. The van der Waals surface area contributed by atoms with Crippen molar-refractivity contribution >= 4 is 35.0 Å². The number of thioether (sulfide) groups is 1. The lowest BCUT2D eigenvalue weighted by atomic mass is 10.2. The number of anilines is 1. The molecule has 168 valence electrons. The number of rotatable bonds is 10. The van der Waals surface area contributed by atoms with Crippen LogP contribution in [0.25, 0.3) is 0 Å². The second-order valence-electron chi connectivity index (χ2n) is 6.98. The molecule has 0 bridgehead atoms. The zero-order valence-electron chi connectivity index (χ0n) is 18.2. The molecule has 32 heavy (non-hydrogen) atoms. The normalized spacial score (nSPS) is 11.6. The van der Waals surface area contributed by atoms with E-state index in [1.165, 1.54) is 11.8 Å². The highest BCUT2D eigenvalue weighted by molar-refractivity contribution is 7.99. The second kappa shape index (κ2) is 11.1. The molecule has 1 amide bonds. The van der Waals surface area contributed by atoms with Crippen LogP contribution in [0.3, 0.4) is 0 Å². The van der Waals surface area contributed by atoms with Gasteiger partial charge in [-0.1, -0.05) is 29.4 Å². The molecule has 1 N–H and O–H groups in total. The first-order valence-corrected chi connectivity index (χ1v) is 11.3. The van der Waals surface area contributed by atoms with E-state index in [0.29, 0.717) is 28.2 Å². The van der Waals surface area contributed by atoms with Gasteiger partial charge in [0.25, 0.3) is 0 Å². The van der Waals surface area contributed by atoms with E-state index in [0.717, 1.165) is 17.1 Å². The fourth-order valence-corrected chi connectivity index (χ4v) is 3.98. The Hall–Kier alpha value is -2.97. The highest BCUT2D eigenvalue weighted by Gasteiger charge is 2.20. The lowest BCUT2D eigenvalue weighted by molar-refractivity contribution is -0.113. The largest absolute Gasteiger partial charge is 0.497 e. The minimum absolute atomic E-state index is 0.143. The van der Waals surface area contributed by atoms with E-state index in [4.69, 9.17) is 21.1 Å². The average Bonchev–Trinajstić information content (AvgIpc) is 3.18. The number of hydrogen-bond donors (Lipinski definition) is 1. The predicted octanol–water partition coefficient (Wildman–Crippen LogP) is 5.31.